The second kappa shape index (κ2) is 8.44. The molecule has 1 aliphatic heterocycles. The standard InChI is InChI=1S/C22H24N4O4/c1-24-18-6-2-3-7-19(18)26(22(24)29)14-21(28)30-15-20(27)23-16-8-10-17(11-9-16)25-12-4-5-13-25/h2-3,6-11H,4-5,12-15H2,1H3,(H,23,27). The zero-order valence-electron chi connectivity index (χ0n) is 16.8. The molecule has 0 aliphatic carbocycles. The zero-order valence-corrected chi connectivity index (χ0v) is 16.8. The highest BCUT2D eigenvalue weighted by Crippen LogP contribution is 2.22. The summed E-state index contributed by atoms with van der Waals surface area (Å²) >= 11 is 0. The van der Waals surface area contributed by atoms with Crippen molar-refractivity contribution in [1.82, 2.24) is 9.13 Å². The summed E-state index contributed by atoms with van der Waals surface area (Å²) in [6.07, 6.45) is 2.41. The van der Waals surface area contributed by atoms with Gasteiger partial charge in [0.1, 0.15) is 6.54 Å². The minimum absolute atomic E-state index is 0.252. The highest BCUT2D eigenvalue weighted by Gasteiger charge is 2.16. The number of benzene rings is 2. The van der Waals surface area contributed by atoms with Gasteiger partial charge in [-0.2, -0.15) is 0 Å². The van der Waals surface area contributed by atoms with Gasteiger partial charge >= 0.3 is 11.7 Å². The Kier molecular flexibility index (Phi) is 5.56. The van der Waals surface area contributed by atoms with Crippen molar-refractivity contribution in [2.45, 2.75) is 19.4 Å². The summed E-state index contributed by atoms with van der Waals surface area (Å²) in [4.78, 5) is 39.0. The molecule has 0 radical (unpaired) electrons. The molecule has 3 aromatic rings. The molecule has 2 heterocycles. The predicted molar refractivity (Wildman–Crippen MR) is 115 cm³/mol. The number of anilines is 2. The molecule has 8 heteroatoms. The Balaban J connectivity index is 1.31. The highest BCUT2D eigenvalue weighted by molar-refractivity contribution is 5.93. The molecule has 156 valence electrons. The van der Waals surface area contributed by atoms with Crippen molar-refractivity contribution in [3.8, 4) is 0 Å². The molecule has 4 rings (SSSR count). The second-order valence-electron chi connectivity index (χ2n) is 7.37. The third-order valence-electron chi connectivity index (χ3n) is 5.33. The molecule has 1 amide bonds. The number of amides is 1. The van der Waals surface area contributed by atoms with Crippen molar-refractivity contribution in [3.05, 3.63) is 59.0 Å². The Morgan fingerprint density at radius 2 is 1.67 bits per heavy atom. The third kappa shape index (κ3) is 4.07. The number of hydrogen-bond donors (Lipinski definition) is 1. The number of rotatable bonds is 6. The number of esters is 1. The van der Waals surface area contributed by atoms with Gasteiger partial charge in [-0.15, -0.1) is 0 Å². The van der Waals surface area contributed by atoms with Crippen molar-refractivity contribution in [3.63, 3.8) is 0 Å². The van der Waals surface area contributed by atoms with Gasteiger partial charge in [-0.05, 0) is 49.2 Å². The lowest BCUT2D eigenvalue weighted by Gasteiger charge is -2.17. The van der Waals surface area contributed by atoms with E-state index in [1.54, 1.807) is 25.2 Å². The quantitative estimate of drug-likeness (QED) is 0.632. The van der Waals surface area contributed by atoms with E-state index in [1.807, 2.05) is 30.3 Å². The van der Waals surface area contributed by atoms with Crippen LogP contribution in [0.15, 0.2) is 53.3 Å². The Morgan fingerprint density at radius 3 is 2.37 bits per heavy atom. The number of ether oxygens (including phenoxy) is 1. The van der Waals surface area contributed by atoms with E-state index in [9.17, 15) is 14.4 Å². The smallest absolute Gasteiger partial charge is 0.329 e. The molecule has 0 atom stereocenters. The van der Waals surface area contributed by atoms with Gasteiger partial charge in [0.15, 0.2) is 6.61 Å². The van der Waals surface area contributed by atoms with Gasteiger partial charge in [0.2, 0.25) is 0 Å². The van der Waals surface area contributed by atoms with Crippen LogP contribution in [0.5, 0.6) is 0 Å². The van der Waals surface area contributed by atoms with Gasteiger partial charge in [-0.25, -0.2) is 4.79 Å². The minimum Gasteiger partial charge on any atom is -0.454 e. The molecule has 1 aromatic heterocycles. The third-order valence-corrected chi connectivity index (χ3v) is 5.33. The Bertz CT molecular complexity index is 1120. The number of nitrogens with one attached hydrogen (secondary N) is 1. The normalized spacial score (nSPS) is 13.6. The van der Waals surface area contributed by atoms with Crippen molar-refractivity contribution in [1.29, 1.82) is 0 Å². The molecular formula is C22H24N4O4. The van der Waals surface area contributed by atoms with E-state index in [0.29, 0.717) is 11.2 Å². The van der Waals surface area contributed by atoms with Gasteiger partial charge in [0, 0.05) is 31.5 Å². The predicted octanol–water partition coefficient (Wildman–Crippen LogP) is 2.12. The summed E-state index contributed by atoms with van der Waals surface area (Å²) < 4.78 is 7.88. The number of aromatic nitrogens is 2. The summed E-state index contributed by atoms with van der Waals surface area (Å²) in [6.45, 7) is 1.45. The van der Waals surface area contributed by atoms with Crippen LogP contribution >= 0.6 is 0 Å². The number of para-hydroxylation sites is 2. The molecule has 1 N–H and O–H groups in total. The van der Waals surface area contributed by atoms with Crippen LogP contribution in [0.1, 0.15) is 12.8 Å². The first kappa shape index (κ1) is 19.8. The number of aryl methyl sites for hydroxylation is 1. The fourth-order valence-electron chi connectivity index (χ4n) is 3.76. The maximum Gasteiger partial charge on any atom is 0.329 e. The number of carbonyl (C=O) groups is 2. The molecule has 1 fully saturated rings. The molecule has 0 bridgehead atoms. The van der Waals surface area contributed by atoms with Crippen LogP contribution in [0.3, 0.4) is 0 Å². The van der Waals surface area contributed by atoms with Crippen LogP contribution in [-0.4, -0.2) is 40.7 Å². The molecule has 1 aliphatic rings. The first-order chi connectivity index (χ1) is 14.5. The molecule has 0 spiro atoms. The maximum absolute atomic E-state index is 12.4. The largest absolute Gasteiger partial charge is 0.454 e. The van der Waals surface area contributed by atoms with Gasteiger partial charge in [0.05, 0.1) is 11.0 Å². The molecule has 0 saturated carbocycles. The van der Waals surface area contributed by atoms with Gasteiger partial charge in [0.25, 0.3) is 5.91 Å². The minimum atomic E-state index is -0.645. The molecular weight excluding hydrogens is 384 g/mol. The number of hydrogen-bond acceptors (Lipinski definition) is 5. The summed E-state index contributed by atoms with van der Waals surface area (Å²) in [5, 5.41) is 2.72. The highest BCUT2D eigenvalue weighted by atomic mass is 16.5. The molecule has 1 saturated heterocycles. The number of imidazole rings is 1. The van der Waals surface area contributed by atoms with Gasteiger partial charge < -0.3 is 15.0 Å². The summed E-state index contributed by atoms with van der Waals surface area (Å²) in [7, 11) is 1.65. The first-order valence-corrected chi connectivity index (χ1v) is 9.97. The number of nitrogens with zero attached hydrogens (tertiary/aromatic N) is 3. The van der Waals surface area contributed by atoms with Crippen LogP contribution in [0.2, 0.25) is 0 Å². The topological polar surface area (TPSA) is 85.6 Å². The van der Waals surface area contributed by atoms with Crippen molar-refractivity contribution in [2.75, 3.05) is 29.9 Å². The van der Waals surface area contributed by atoms with Gasteiger partial charge in [-0.3, -0.25) is 18.7 Å². The zero-order chi connectivity index (χ0) is 21.1. The SMILES string of the molecule is Cn1c(=O)n(CC(=O)OCC(=O)Nc2ccc(N3CCCC3)cc2)c2ccccc21. The van der Waals surface area contributed by atoms with Gasteiger partial charge in [-0.1, -0.05) is 12.1 Å². The van der Waals surface area contributed by atoms with Crippen LogP contribution < -0.4 is 15.9 Å². The molecule has 8 nitrogen and oxygen atoms in total. The van der Waals surface area contributed by atoms with E-state index < -0.39 is 18.5 Å². The number of carbonyl (C=O) groups excluding carboxylic acids is 2. The van der Waals surface area contributed by atoms with Crippen molar-refractivity contribution in [2.24, 2.45) is 7.05 Å². The van der Waals surface area contributed by atoms with Crippen LogP contribution in [-0.2, 0) is 27.9 Å². The van der Waals surface area contributed by atoms with E-state index in [-0.39, 0.29) is 12.2 Å². The summed E-state index contributed by atoms with van der Waals surface area (Å²) in [5.74, 6) is -1.07. The molecule has 30 heavy (non-hydrogen) atoms. The van der Waals surface area contributed by atoms with Crippen LogP contribution in [0.25, 0.3) is 11.0 Å². The molecule has 0 unspecified atom stereocenters. The monoisotopic (exact) mass is 408 g/mol. The average molecular weight is 408 g/mol. The number of fused-ring (bicyclic) bond motifs is 1. The van der Waals surface area contributed by atoms with Crippen molar-refractivity contribution >= 4 is 34.3 Å². The van der Waals surface area contributed by atoms with Crippen LogP contribution in [0, 0.1) is 0 Å². The lowest BCUT2D eigenvalue weighted by Crippen LogP contribution is -2.28. The lowest BCUT2D eigenvalue weighted by atomic mass is 10.2. The van der Waals surface area contributed by atoms with E-state index in [0.717, 1.165) is 24.3 Å². The first-order valence-electron chi connectivity index (χ1n) is 9.97. The fraction of sp³-hybridized carbons (Fsp3) is 0.318. The lowest BCUT2D eigenvalue weighted by molar-refractivity contribution is -0.147. The summed E-state index contributed by atoms with van der Waals surface area (Å²) in [6, 6.07) is 14.8. The Labute approximate surface area is 173 Å². The molecule has 2 aromatic carbocycles. The van der Waals surface area contributed by atoms with E-state index in [2.05, 4.69) is 10.2 Å². The Hall–Kier alpha value is -3.55. The maximum atomic E-state index is 12.4. The van der Waals surface area contributed by atoms with E-state index in [1.165, 1.54) is 22.0 Å². The average Bonchev–Trinajstić information content (AvgIpc) is 3.37. The summed E-state index contributed by atoms with van der Waals surface area (Å²) in [5.41, 5.74) is 2.84. The van der Waals surface area contributed by atoms with E-state index >= 15 is 0 Å². The fourth-order valence-corrected chi connectivity index (χ4v) is 3.76. The van der Waals surface area contributed by atoms with Crippen molar-refractivity contribution < 1.29 is 14.3 Å². The Morgan fingerprint density at radius 1 is 1.00 bits per heavy atom. The van der Waals surface area contributed by atoms with E-state index in [4.69, 9.17) is 4.74 Å². The van der Waals surface area contributed by atoms with Crippen LogP contribution in [0.4, 0.5) is 11.4 Å². The second-order valence-corrected chi connectivity index (χ2v) is 7.37.